The Labute approximate surface area is 130 Å². The van der Waals surface area contributed by atoms with Gasteiger partial charge in [-0.1, -0.05) is 18.6 Å². The van der Waals surface area contributed by atoms with Crippen LogP contribution < -0.4 is 15.8 Å². The summed E-state index contributed by atoms with van der Waals surface area (Å²) in [4.78, 5) is 12.0. The largest absolute Gasteiger partial charge is 0.351 e. The predicted octanol–water partition coefficient (Wildman–Crippen LogP) is 0.514. The van der Waals surface area contributed by atoms with Crippen LogP contribution >= 0.6 is 12.4 Å². The highest BCUT2D eigenvalue weighted by Crippen LogP contribution is 2.10. The van der Waals surface area contributed by atoms with E-state index in [-0.39, 0.29) is 29.3 Å². The number of hydrogen-bond donors (Lipinski definition) is 3. The number of nitrogens with two attached hydrogens (primary N) is 1. The summed E-state index contributed by atoms with van der Waals surface area (Å²) >= 11 is 0. The van der Waals surface area contributed by atoms with Crippen LogP contribution in [0.4, 0.5) is 0 Å². The van der Waals surface area contributed by atoms with E-state index in [1.54, 1.807) is 12.1 Å². The molecular formula is C13H20ClN3O3S. The first kappa shape index (κ1) is 17.9. The molecule has 1 aromatic carbocycles. The molecule has 21 heavy (non-hydrogen) atoms. The Morgan fingerprint density at radius 3 is 2.48 bits per heavy atom. The van der Waals surface area contributed by atoms with Crippen molar-refractivity contribution in [1.82, 2.24) is 10.6 Å². The fraction of sp³-hybridized carbons (Fsp3) is 0.462. The molecule has 1 unspecified atom stereocenters. The van der Waals surface area contributed by atoms with Gasteiger partial charge in [0.1, 0.15) is 0 Å². The number of halogens is 1. The minimum absolute atomic E-state index is 0. The van der Waals surface area contributed by atoms with Crippen molar-refractivity contribution in [3.63, 3.8) is 0 Å². The van der Waals surface area contributed by atoms with E-state index < -0.39 is 10.0 Å². The zero-order valence-corrected chi connectivity index (χ0v) is 13.2. The summed E-state index contributed by atoms with van der Waals surface area (Å²) in [7, 11) is -3.67. The lowest BCUT2D eigenvalue weighted by atomic mass is 10.0. The van der Waals surface area contributed by atoms with Crippen molar-refractivity contribution >= 4 is 28.3 Å². The van der Waals surface area contributed by atoms with Gasteiger partial charge in [0.2, 0.25) is 15.9 Å². The highest BCUT2D eigenvalue weighted by Gasteiger charge is 2.19. The topological polar surface area (TPSA) is 101 Å². The van der Waals surface area contributed by atoms with Crippen LogP contribution in [0.15, 0.2) is 29.2 Å². The molecule has 0 aromatic heterocycles. The number of sulfonamides is 1. The first-order valence-corrected chi connectivity index (χ1v) is 8.14. The Morgan fingerprint density at radius 1 is 1.29 bits per heavy atom. The minimum atomic E-state index is -3.67. The molecular weight excluding hydrogens is 314 g/mol. The third kappa shape index (κ3) is 5.28. The smallest absolute Gasteiger partial charge is 0.238 e. The number of hydrogen-bond acceptors (Lipinski definition) is 4. The van der Waals surface area contributed by atoms with Crippen LogP contribution in [0.2, 0.25) is 0 Å². The van der Waals surface area contributed by atoms with Gasteiger partial charge in [0.25, 0.3) is 0 Å². The lowest BCUT2D eigenvalue weighted by Crippen LogP contribution is -2.46. The third-order valence-electron chi connectivity index (χ3n) is 3.35. The summed E-state index contributed by atoms with van der Waals surface area (Å²) < 4.78 is 22.2. The van der Waals surface area contributed by atoms with Gasteiger partial charge in [0.05, 0.1) is 10.9 Å². The molecule has 0 spiro atoms. The van der Waals surface area contributed by atoms with Gasteiger partial charge >= 0.3 is 0 Å². The number of amides is 1. The molecule has 118 valence electrons. The number of rotatable bonds is 4. The van der Waals surface area contributed by atoms with Crippen LogP contribution in [0, 0.1) is 0 Å². The van der Waals surface area contributed by atoms with Gasteiger partial charge in [-0.3, -0.25) is 4.79 Å². The Bertz CT molecular complexity index is 569. The van der Waals surface area contributed by atoms with E-state index in [9.17, 15) is 13.2 Å². The Balaban J connectivity index is 0.00000220. The molecule has 2 rings (SSSR count). The Hall–Kier alpha value is -1.15. The maximum atomic E-state index is 11.9. The molecule has 1 aliphatic heterocycles. The van der Waals surface area contributed by atoms with Crippen molar-refractivity contribution in [1.29, 1.82) is 0 Å². The molecule has 1 fully saturated rings. The van der Waals surface area contributed by atoms with E-state index >= 15 is 0 Å². The van der Waals surface area contributed by atoms with E-state index in [4.69, 9.17) is 5.14 Å². The number of benzene rings is 1. The fourth-order valence-electron chi connectivity index (χ4n) is 2.18. The molecule has 0 radical (unpaired) electrons. The number of carbonyl (C=O) groups is 1. The van der Waals surface area contributed by atoms with E-state index in [0.717, 1.165) is 31.4 Å². The summed E-state index contributed by atoms with van der Waals surface area (Å²) in [6.45, 7) is 1.25. The first-order chi connectivity index (χ1) is 9.47. The summed E-state index contributed by atoms with van der Waals surface area (Å²) in [6, 6.07) is 6.06. The van der Waals surface area contributed by atoms with Gasteiger partial charge in [0.15, 0.2) is 0 Å². The zero-order chi connectivity index (χ0) is 14.6. The summed E-state index contributed by atoms with van der Waals surface area (Å²) in [6.07, 6.45) is 3.03. The molecule has 0 saturated carbocycles. The second-order valence-corrected chi connectivity index (χ2v) is 6.47. The molecule has 4 N–H and O–H groups in total. The lowest BCUT2D eigenvalue weighted by molar-refractivity contribution is -0.123. The van der Waals surface area contributed by atoms with E-state index in [2.05, 4.69) is 10.6 Å². The summed E-state index contributed by atoms with van der Waals surface area (Å²) in [5.41, 5.74) is 0.835. The molecule has 0 aliphatic carbocycles. The monoisotopic (exact) mass is 333 g/mol. The summed E-state index contributed by atoms with van der Waals surface area (Å²) in [5.74, 6) is -0.0137. The Morgan fingerprint density at radius 2 is 1.95 bits per heavy atom. The fourth-order valence-corrected chi connectivity index (χ4v) is 2.70. The SMILES string of the molecule is Cl.NS(=O)(=O)c1ccc(CNC(=O)C2CCCCN2)cc1. The van der Waals surface area contributed by atoms with Crippen molar-refractivity contribution in [3.8, 4) is 0 Å². The molecule has 1 heterocycles. The van der Waals surface area contributed by atoms with Crippen LogP contribution in [0.25, 0.3) is 0 Å². The number of piperidine rings is 1. The molecule has 6 nitrogen and oxygen atoms in total. The minimum Gasteiger partial charge on any atom is -0.351 e. The average Bonchev–Trinajstić information content (AvgIpc) is 2.45. The average molecular weight is 334 g/mol. The van der Waals surface area contributed by atoms with Gasteiger partial charge in [-0.2, -0.15) is 0 Å². The summed E-state index contributed by atoms with van der Waals surface area (Å²) in [5, 5.41) is 11.0. The molecule has 0 bridgehead atoms. The second-order valence-electron chi connectivity index (χ2n) is 4.91. The van der Waals surface area contributed by atoms with Crippen molar-refractivity contribution in [2.45, 2.75) is 36.7 Å². The van der Waals surface area contributed by atoms with Crippen molar-refractivity contribution in [2.24, 2.45) is 5.14 Å². The molecule has 1 amide bonds. The number of primary sulfonamides is 1. The highest BCUT2D eigenvalue weighted by atomic mass is 35.5. The van der Waals surface area contributed by atoms with Gasteiger partial charge in [-0.05, 0) is 37.1 Å². The molecule has 1 saturated heterocycles. The maximum absolute atomic E-state index is 11.9. The van der Waals surface area contributed by atoms with Crippen molar-refractivity contribution < 1.29 is 13.2 Å². The van der Waals surface area contributed by atoms with Crippen molar-refractivity contribution in [3.05, 3.63) is 29.8 Å². The molecule has 1 aliphatic rings. The second kappa shape index (κ2) is 7.74. The van der Waals surface area contributed by atoms with Gasteiger partial charge < -0.3 is 10.6 Å². The van der Waals surface area contributed by atoms with E-state index in [1.807, 2.05) is 0 Å². The number of carbonyl (C=O) groups excluding carboxylic acids is 1. The lowest BCUT2D eigenvalue weighted by Gasteiger charge is -2.22. The van der Waals surface area contributed by atoms with E-state index in [1.165, 1.54) is 12.1 Å². The van der Waals surface area contributed by atoms with Crippen LogP contribution in [0.1, 0.15) is 24.8 Å². The van der Waals surface area contributed by atoms with Gasteiger partial charge in [-0.15, -0.1) is 12.4 Å². The number of nitrogens with one attached hydrogen (secondary N) is 2. The normalized spacial score (nSPS) is 18.6. The zero-order valence-electron chi connectivity index (χ0n) is 11.5. The molecule has 1 aromatic rings. The highest BCUT2D eigenvalue weighted by molar-refractivity contribution is 7.89. The quantitative estimate of drug-likeness (QED) is 0.747. The van der Waals surface area contributed by atoms with Gasteiger partial charge in [0, 0.05) is 6.54 Å². The Kier molecular flexibility index (Phi) is 6.60. The maximum Gasteiger partial charge on any atom is 0.238 e. The van der Waals surface area contributed by atoms with Crippen LogP contribution in [0.5, 0.6) is 0 Å². The third-order valence-corrected chi connectivity index (χ3v) is 4.27. The molecule has 1 atom stereocenters. The molecule has 8 heteroatoms. The van der Waals surface area contributed by atoms with E-state index in [0.29, 0.717) is 6.54 Å². The van der Waals surface area contributed by atoms with Crippen molar-refractivity contribution in [2.75, 3.05) is 6.54 Å². The van der Waals surface area contributed by atoms with Crippen LogP contribution in [-0.4, -0.2) is 26.9 Å². The predicted molar refractivity (Wildman–Crippen MR) is 82.6 cm³/mol. The first-order valence-electron chi connectivity index (χ1n) is 6.59. The standard InChI is InChI=1S/C13H19N3O3S.ClH/c14-20(18,19)11-6-4-10(5-7-11)9-16-13(17)12-3-1-2-8-15-12;/h4-7,12,15H,1-3,8-9H2,(H,16,17)(H2,14,18,19);1H. The van der Waals surface area contributed by atoms with Crippen LogP contribution in [0.3, 0.4) is 0 Å². The van der Waals surface area contributed by atoms with Crippen LogP contribution in [-0.2, 0) is 21.4 Å². The van der Waals surface area contributed by atoms with Gasteiger partial charge in [-0.25, -0.2) is 13.6 Å².